The Hall–Kier alpha value is -0.410. The average molecular weight is 143 g/mol. The Morgan fingerprint density at radius 3 is 2.70 bits per heavy atom. The minimum absolute atomic E-state index is 0.0916. The Bertz CT molecular complexity index is 136. The van der Waals surface area contributed by atoms with E-state index in [1.54, 1.807) is 14.0 Å². The lowest BCUT2D eigenvalue weighted by Gasteiger charge is -2.05. The van der Waals surface area contributed by atoms with Crippen LogP contribution in [0.3, 0.4) is 0 Å². The third-order valence-corrected chi connectivity index (χ3v) is 1.95. The number of ketones is 1. The molecular weight excluding hydrogens is 130 g/mol. The number of nitrogens with one attached hydrogen (secondary N) is 1. The first-order valence-electron chi connectivity index (χ1n) is 3.50. The highest BCUT2D eigenvalue weighted by Crippen LogP contribution is 2.14. The molecule has 0 aliphatic carbocycles. The predicted molar refractivity (Wildman–Crippen MR) is 37.6 cm³/mol. The summed E-state index contributed by atoms with van der Waals surface area (Å²) in [5.74, 6) is 0.428. The molecule has 1 aliphatic heterocycles. The van der Waals surface area contributed by atoms with Crippen LogP contribution in [-0.4, -0.2) is 25.7 Å². The van der Waals surface area contributed by atoms with Crippen LogP contribution in [0.25, 0.3) is 0 Å². The van der Waals surface area contributed by atoms with E-state index >= 15 is 0 Å². The molecule has 0 aromatic heterocycles. The van der Waals surface area contributed by atoms with Crippen LogP contribution in [0.2, 0.25) is 0 Å². The van der Waals surface area contributed by atoms with Gasteiger partial charge >= 0.3 is 0 Å². The second kappa shape index (κ2) is 3.12. The molecule has 0 saturated carbocycles. The number of hydrogen-bond donors (Lipinski definition) is 1. The van der Waals surface area contributed by atoms with Crippen molar-refractivity contribution in [1.29, 1.82) is 0 Å². The minimum atomic E-state index is 0.0916. The summed E-state index contributed by atoms with van der Waals surface area (Å²) >= 11 is 0. The van der Waals surface area contributed by atoms with E-state index in [0.717, 1.165) is 13.0 Å². The molecule has 0 aromatic carbocycles. The van der Waals surface area contributed by atoms with Crippen molar-refractivity contribution in [1.82, 2.24) is 5.32 Å². The highest BCUT2D eigenvalue weighted by atomic mass is 16.5. The van der Waals surface area contributed by atoms with Crippen molar-refractivity contribution in [3.05, 3.63) is 0 Å². The van der Waals surface area contributed by atoms with Gasteiger partial charge in [-0.3, -0.25) is 10.1 Å². The number of methoxy groups -OCH3 is 1. The van der Waals surface area contributed by atoms with Crippen molar-refractivity contribution in [2.45, 2.75) is 19.6 Å². The first-order chi connectivity index (χ1) is 4.74. The van der Waals surface area contributed by atoms with Crippen molar-refractivity contribution in [2.24, 2.45) is 5.92 Å². The third-order valence-electron chi connectivity index (χ3n) is 1.95. The zero-order valence-corrected chi connectivity index (χ0v) is 6.39. The van der Waals surface area contributed by atoms with E-state index < -0.39 is 0 Å². The van der Waals surface area contributed by atoms with E-state index in [4.69, 9.17) is 4.74 Å². The zero-order chi connectivity index (χ0) is 7.56. The van der Waals surface area contributed by atoms with Crippen LogP contribution >= 0.6 is 0 Å². The van der Waals surface area contributed by atoms with E-state index in [9.17, 15) is 4.79 Å². The van der Waals surface area contributed by atoms with Crippen LogP contribution in [-0.2, 0) is 9.53 Å². The smallest absolute Gasteiger partial charge is 0.134 e. The maximum absolute atomic E-state index is 10.8. The molecule has 0 spiro atoms. The lowest BCUT2D eigenvalue weighted by atomic mass is 10.1. The minimum Gasteiger partial charge on any atom is -0.367 e. The fourth-order valence-corrected chi connectivity index (χ4v) is 1.19. The van der Waals surface area contributed by atoms with Gasteiger partial charge in [0.1, 0.15) is 12.0 Å². The number of rotatable bonds is 2. The van der Waals surface area contributed by atoms with Crippen LogP contribution < -0.4 is 5.32 Å². The molecule has 10 heavy (non-hydrogen) atoms. The Balaban J connectivity index is 2.35. The molecule has 1 heterocycles. The summed E-state index contributed by atoms with van der Waals surface area (Å²) in [5.41, 5.74) is 0. The van der Waals surface area contributed by atoms with E-state index in [0.29, 0.717) is 0 Å². The summed E-state index contributed by atoms with van der Waals surface area (Å²) in [6, 6.07) is 0. The molecule has 2 atom stereocenters. The Labute approximate surface area is 60.7 Å². The second-order valence-corrected chi connectivity index (χ2v) is 2.68. The highest BCUT2D eigenvalue weighted by molar-refractivity contribution is 5.78. The summed E-state index contributed by atoms with van der Waals surface area (Å²) in [4.78, 5) is 10.8. The van der Waals surface area contributed by atoms with Gasteiger partial charge in [-0.05, 0) is 13.3 Å². The molecule has 1 fully saturated rings. The number of hydrogen-bond acceptors (Lipinski definition) is 3. The monoisotopic (exact) mass is 143 g/mol. The Kier molecular flexibility index (Phi) is 2.40. The van der Waals surface area contributed by atoms with Gasteiger partial charge in [0.2, 0.25) is 0 Å². The molecule has 0 aromatic rings. The number of carbonyl (C=O) groups excluding carboxylic acids is 1. The summed E-state index contributed by atoms with van der Waals surface area (Å²) in [5, 5.41) is 3.09. The van der Waals surface area contributed by atoms with Gasteiger partial charge in [0.25, 0.3) is 0 Å². The van der Waals surface area contributed by atoms with Gasteiger partial charge in [-0.2, -0.15) is 0 Å². The molecule has 1 aliphatic rings. The number of ether oxygens (including phenoxy) is 1. The summed E-state index contributed by atoms with van der Waals surface area (Å²) in [6.45, 7) is 2.40. The fraction of sp³-hybridized carbons (Fsp3) is 0.857. The number of Topliss-reactive ketones (excluding diaryl/α,β-unsaturated/α-hetero) is 1. The molecule has 1 rings (SSSR count). The fourth-order valence-electron chi connectivity index (χ4n) is 1.19. The van der Waals surface area contributed by atoms with Crippen molar-refractivity contribution in [2.75, 3.05) is 13.7 Å². The van der Waals surface area contributed by atoms with Crippen LogP contribution in [0.4, 0.5) is 0 Å². The average Bonchev–Trinajstić information content (AvgIpc) is 2.34. The van der Waals surface area contributed by atoms with Crippen LogP contribution in [0, 0.1) is 5.92 Å². The molecular formula is C7H13NO2. The molecule has 3 heteroatoms. The maximum Gasteiger partial charge on any atom is 0.134 e. The topological polar surface area (TPSA) is 38.3 Å². The van der Waals surface area contributed by atoms with Gasteiger partial charge in [-0.25, -0.2) is 0 Å². The maximum atomic E-state index is 10.8. The predicted octanol–water partition coefficient (Wildman–Crippen LogP) is 0.157. The van der Waals surface area contributed by atoms with Gasteiger partial charge in [0.05, 0.1) is 0 Å². The Morgan fingerprint density at radius 2 is 2.40 bits per heavy atom. The van der Waals surface area contributed by atoms with Crippen LogP contribution in [0.15, 0.2) is 0 Å². The van der Waals surface area contributed by atoms with E-state index in [2.05, 4.69) is 5.32 Å². The Morgan fingerprint density at radius 1 is 1.70 bits per heavy atom. The number of carbonyl (C=O) groups is 1. The molecule has 0 radical (unpaired) electrons. The van der Waals surface area contributed by atoms with Gasteiger partial charge in [0, 0.05) is 19.6 Å². The second-order valence-electron chi connectivity index (χ2n) is 2.68. The molecule has 1 N–H and O–H groups in total. The lowest BCUT2D eigenvalue weighted by molar-refractivity contribution is -0.120. The van der Waals surface area contributed by atoms with Crippen molar-refractivity contribution in [3.8, 4) is 0 Å². The highest BCUT2D eigenvalue weighted by Gasteiger charge is 2.26. The van der Waals surface area contributed by atoms with Crippen LogP contribution in [0.1, 0.15) is 13.3 Å². The van der Waals surface area contributed by atoms with Gasteiger partial charge in [-0.1, -0.05) is 0 Å². The zero-order valence-electron chi connectivity index (χ0n) is 6.39. The first-order valence-corrected chi connectivity index (χ1v) is 3.50. The van der Waals surface area contributed by atoms with Crippen molar-refractivity contribution < 1.29 is 9.53 Å². The lowest BCUT2D eigenvalue weighted by Crippen LogP contribution is -2.22. The van der Waals surface area contributed by atoms with E-state index in [-0.39, 0.29) is 17.9 Å². The molecule has 0 bridgehead atoms. The van der Waals surface area contributed by atoms with Crippen molar-refractivity contribution >= 4 is 5.78 Å². The third kappa shape index (κ3) is 1.55. The van der Waals surface area contributed by atoms with E-state index in [1.807, 2.05) is 0 Å². The SMILES string of the molecule is COC1C[C@@H](C(C)=O)CN1. The molecule has 1 unspecified atom stereocenters. The van der Waals surface area contributed by atoms with Gasteiger partial charge in [-0.15, -0.1) is 0 Å². The summed E-state index contributed by atoms with van der Waals surface area (Å²) in [7, 11) is 1.65. The first kappa shape index (κ1) is 7.69. The molecule has 1 saturated heterocycles. The summed E-state index contributed by atoms with van der Waals surface area (Å²) in [6.07, 6.45) is 0.917. The normalized spacial score (nSPS) is 32.6. The van der Waals surface area contributed by atoms with Gasteiger partial charge < -0.3 is 4.74 Å². The largest absolute Gasteiger partial charge is 0.367 e. The van der Waals surface area contributed by atoms with Crippen LogP contribution in [0.5, 0.6) is 0 Å². The summed E-state index contributed by atoms with van der Waals surface area (Å²) < 4.78 is 5.03. The quantitative estimate of drug-likeness (QED) is 0.598. The molecule has 3 nitrogen and oxygen atoms in total. The molecule has 0 amide bonds. The van der Waals surface area contributed by atoms with E-state index in [1.165, 1.54) is 0 Å². The van der Waals surface area contributed by atoms with Gasteiger partial charge in [0.15, 0.2) is 0 Å². The van der Waals surface area contributed by atoms with Crippen molar-refractivity contribution in [3.63, 3.8) is 0 Å². The molecule has 58 valence electrons. The standard InChI is InChI=1S/C7H13NO2/c1-5(9)6-3-7(10-2)8-4-6/h6-8H,3-4H2,1-2H3/t6-,7?/m1/s1.